The summed E-state index contributed by atoms with van der Waals surface area (Å²) in [5.41, 5.74) is 0. The Bertz CT molecular complexity index is 384. The number of nitrogens with one attached hydrogen (secondary N) is 1. The molecule has 21 heavy (non-hydrogen) atoms. The van der Waals surface area contributed by atoms with Crippen LogP contribution in [-0.4, -0.2) is 74.5 Å². The van der Waals surface area contributed by atoms with Gasteiger partial charge in [-0.15, -0.1) is 0 Å². The van der Waals surface area contributed by atoms with Gasteiger partial charge in [-0.1, -0.05) is 0 Å². The largest absolute Gasteiger partial charge is 0.466 e. The summed E-state index contributed by atoms with van der Waals surface area (Å²) >= 11 is 0. The number of likely N-dealkylation sites (N-methyl/N-ethyl adjacent to an activating group) is 1. The minimum absolute atomic E-state index is 0.263. The van der Waals surface area contributed by atoms with Gasteiger partial charge in [0.1, 0.15) is 0 Å². The lowest BCUT2D eigenvalue weighted by molar-refractivity contribution is -0.154. The summed E-state index contributed by atoms with van der Waals surface area (Å²) in [7, 11) is 3.78. The number of esters is 1. The number of rotatable bonds is 5. The maximum Gasteiger partial charge on any atom is 0.311 e. The highest BCUT2D eigenvalue weighted by Crippen LogP contribution is 2.18. The Hall–Kier alpha value is -1.63. The van der Waals surface area contributed by atoms with E-state index in [0.29, 0.717) is 39.1 Å². The van der Waals surface area contributed by atoms with Gasteiger partial charge in [0.05, 0.1) is 12.5 Å². The molecule has 0 aromatic carbocycles. The number of piperidine rings is 1. The molecular weight excluding hydrogens is 274 g/mol. The van der Waals surface area contributed by atoms with Crippen molar-refractivity contribution in [1.29, 1.82) is 0 Å². The van der Waals surface area contributed by atoms with Crippen molar-refractivity contribution in [1.82, 2.24) is 15.1 Å². The van der Waals surface area contributed by atoms with E-state index in [9.17, 15) is 14.4 Å². The van der Waals surface area contributed by atoms with Crippen LogP contribution in [-0.2, 0) is 19.1 Å². The predicted octanol–water partition coefficient (Wildman–Crippen LogP) is -0.534. The van der Waals surface area contributed by atoms with E-state index in [1.54, 1.807) is 6.92 Å². The fourth-order valence-corrected chi connectivity index (χ4v) is 2.23. The summed E-state index contributed by atoms with van der Waals surface area (Å²) in [4.78, 5) is 38.9. The number of amides is 2. The Morgan fingerprint density at radius 1 is 1.33 bits per heavy atom. The molecule has 0 aromatic heterocycles. The lowest BCUT2D eigenvalue weighted by atomic mass is 9.98. The summed E-state index contributed by atoms with van der Waals surface area (Å²) < 4.78 is 4.98. The van der Waals surface area contributed by atoms with Crippen LogP contribution < -0.4 is 5.32 Å². The third-order valence-electron chi connectivity index (χ3n) is 3.37. The second-order valence-electron chi connectivity index (χ2n) is 5.40. The number of hydrogen-bond donors (Lipinski definition) is 1. The standard InChI is InChI=1S/C14H25N3O4/c1-4-21-14(20)11-6-5-8-17(10-11)13(19)12(18)15-7-9-16(2)3/h11H,4-10H2,1-3H3,(H,15,18). The summed E-state index contributed by atoms with van der Waals surface area (Å²) in [6, 6.07) is 0. The van der Waals surface area contributed by atoms with E-state index in [1.807, 2.05) is 19.0 Å². The first-order valence-electron chi connectivity index (χ1n) is 7.34. The Kier molecular flexibility index (Phi) is 7.14. The highest BCUT2D eigenvalue weighted by Gasteiger charge is 2.31. The number of likely N-dealkylation sites (tertiary alicyclic amines) is 1. The fraction of sp³-hybridized carbons (Fsp3) is 0.786. The van der Waals surface area contributed by atoms with Crippen molar-refractivity contribution in [2.45, 2.75) is 19.8 Å². The van der Waals surface area contributed by atoms with Gasteiger partial charge in [0, 0.05) is 26.2 Å². The quantitative estimate of drug-likeness (QED) is 0.545. The molecule has 1 aliphatic heterocycles. The van der Waals surface area contributed by atoms with Gasteiger partial charge < -0.3 is 19.9 Å². The van der Waals surface area contributed by atoms with Gasteiger partial charge in [0.2, 0.25) is 0 Å². The van der Waals surface area contributed by atoms with E-state index in [1.165, 1.54) is 4.90 Å². The van der Waals surface area contributed by atoms with Gasteiger partial charge in [-0.2, -0.15) is 0 Å². The molecule has 1 saturated heterocycles. The Labute approximate surface area is 125 Å². The van der Waals surface area contributed by atoms with Gasteiger partial charge in [0.15, 0.2) is 0 Å². The molecule has 1 atom stereocenters. The van der Waals surface area contributed by atoms with Gasteiger partial charge in [-0.25, -0.2) is 0 Å². The number of ether oxygens (including phenoxy) is 1. The van der Waals surface area contributed by atoms with Crippen molar-refractivity contribution in [3.05, 3.63) is 0 Å². The molecule has 2 amide bonds. The molecule has 0 spiro atoms. The van der Waals surface area contributed by atoms with Crippen molar-refractivity contribution in [2.75, 3.05) is 46.9 Å². The third kappa shape index (κ3) is 5.71. The van der Waals surface area contributed by atoms with Crippen LogP contribution in [0.3, 0.4) is 0 Å². The fourth-order valence-electron chi connectivity index (χ4n) is 2.23. The third-order valence-corrected chi connectivity index (χ3v) is 3.37. The lowest BCUT2D eigenvalue weighted by Gasteiger charge is -2.31. The minimum atomic E-state index is -0.610. The molecule has 1 heterocycles. The predicted molar refractivity (Wildman–Crippen MR) is 77.5 cm³/mol. The van der Waals surface area contributed by atoms with E-state index >= 15 is 0 Å². The number of hydrogen-bond acceptors (Lipinski definition) is 5. The van der Waals surface area contributed by atoms with Crippen molar-refractivity contribution in [3.8, 4) is 0 Å². The van der Waals surface area contributed by atoms with Crippen molar-refractivity contribution in [3.63, 3.8) is 0 Å². The molecule has 0 saturated carbocycles. The first-order chi connectivity index (χ1) is 9.95. The van der Waals surface area contributed by atoms with E-state index < -0.39 is 11.8 Å². The molecule has 7 heteroatoms. The maximum absolute atomic E-state index is 12.0. The van der Waals surface area contributed by atoms with E-state index in [4.69, 9.17) is 4.74 Å². The van der Waals surface area contributed by atoms with Crippen LogP contribution in [0.1, 0.15) is 19.8 Å². The average Bonchev–Trinajstić information content (AvgIpc) is 2.46. The van der Waals surface area contributed by atoms with Crippen LogP contribution in [0.4, 0.5) is 0 Å². The van der Waals surface area contributed by atoms with Crippen molar-refractivity contribution < 1.29 is 19.1 Å². The SMILES string of the molecule is CCOC(=O)C1CCCN(C(=O)C(=O)NCCN(C)C)C1. The Morgan fingerprint density at radius 3 is 2.67 bits per heavy atom. The van der Waals surface area contributed by atoms with Crippen LogP contribution in [0, 0.1) is 5.92 Å². The van der Waals surface area contributed by atoms with Gasteiger partial charge in [0.25, 0.3) is 0 Å². The first-order valence-corrected chi connectivity index (χ1v) is 7.34. The molecule has 1 rings (SSSR count). The summed E-state index contributed by atoms with van der Waals surface area (Å²) in [6.07, 6.45) is 1.41. The number of carbonyl (C=O) groups excluding carboxylic acids is 3. The van der Waals surface area contributed by atoms with E-state index in [0.717, 1.165) is 0 Å². The van der Waals surface area contributed by atoms with Crippen molar-refractivity contribution >= 4 is 17.8 Å². The highest BCUT2D eigenvalue weighted by molar-refractivity contribution is 6.35. The number of carbonyl (C=O) groups is 3. The highest BCUT2D eigenvalue weighted by atomic mass is 16.5. The Morgan fingerprint density at radius 2 is 2.05 bits per heavy atom. The summed E-state index contributed by atoms with van der Waals surface area (Å²) in [6.45, 7) is 3.95. The molecule has 0 aromatic rings. The molecule has 1 fully saturated rings. The van der Waals surface area contributed by atoms with Crippen LogP contribution in [0.15, 0.2) is 0 Å². The van der Waals surface area contributed by atoms with E-state index in [-0.39, 0.29) is 18.4 Å². The zero-order chi connectivity index (χ0) is 15.8. The molecular formula is C14H25N3O4. The molecule has 0 radical (unpaired) electrons. The molecule has 1 unspecified atom stereocenters. The molecule has 1 aliphatic rings. The minimum Gasteiger partial charge on any atom is -0.466 e. The van der Waals surface area contributed by atoms with Gasteiger partial charge in [-0.05, 0) is 33.9 Å². The van der Waals surface area contributed by atoms with Crippen LogP contribution in [0.2, 0.25) is 0 Å². The zero-order valence-corrected chi connectivity index (χ0v) is 13.1. The smallest absolute Gasteiger partial charge is 0.311 e. The number of nitrogens with zero attached hydrogens (tertiary/aromatic N) is 2. The molecule has 0 aliphatic carbocycles. The summed E-state index contributed by atoms with van der Waals surface area (Å²) in [5.74, 6) is -1.79. The normalized spacial score (nSPS) is 18.5. The first kappa shape index (κ1) is 17.4. The van der Waals surface area contributed by atoms with E-state index in [2.05, 4.69) is 5.32 Å². The summed E-state index contributed by atoms with van der Waals surface area (Å²) in [5, 5.41) is 2.59. The van der Waals surface area contributed by atoms with Gasteiger partial charge in [-0.3, -0.25) is 14.4 Å². The second-order valence-corrected chi connectivity index (χ2v) is 5.40. The van der Waals surface area contributed by atoms with Crippen LogP contribution >= 0.6 is 0 Å². The zero-order valence-electron chi connectivity index (χ0n) is 13.1. The Balaban J connectivity index is 2.45. The van der Waals surface area contributed by atoms with Gasteiger partial charge >= 0.3 is 17.8 Å². The molecule has 1 N–H and O–H groups in total. The lowest BCUT2D eigenvalue weighted by Crippen LogP contribution is -2.49. The molecule has 0 bridgehead atoms. The monoisotopic (exact) mass is 299 g/mol. The maximum atomic E-state index is 12.0. The van der Waals surface area contributed by atoms with Crippen LogP contribution in [0.5, 0.6) is 0 Å². The van der Waals surface area contributed by atoms with Crippen LogP contribution in [0.25, 0.3) is 0 Å². The van der Waals surface area contributed by atoms with Crippen molar-refractivity contribution in [2.24, 2.45) is 5.92 Å². The molecule has 120 valence electrons. The topological polar surface area (TPSA) is 78.9 Å². The molecule has 7 nitrogen and oxygen atoms in total. The second kappa shape index (κ2) is 8.61. The average molecular weight is 299 g/mol.